The molecule has 0 aromatic heterocycles. The molecular formula is C18H22O3. The van der Waals surface area contributed by atoms with Crippen LogP contribution in [-0.2, 0) is 0 Å². The first-order valence-corrected chi connectivity index (χ1v) is 6.96. The second kappa shape index (κ2) is 6.19. The zero-order valence-electron chi connectivity index (χ0n) is 13.2. The van der Waals surface area contributed by atoms with Crippen molar-refractivity contribution >= 4 is 0 Å². The predicted octanol–water partition coefficient (Wildman–Crippen LogP) is 3.71. The van der Waals surface area contributed by atoms with Gasteiger partial charge in [-0.05, 0) is 55.2 Å². The molecule has 0 bridgehead atoms. The molecule has 2 aromatic carbocycles. The SMILES string of the molecule is COc1ccc(C(O)c2ccc(C)c(C)c2OC)cc1C. The van der Waals surface area contributed by atoms with Crippen molar-refractivity contribution in [3.8, 4) is 11.5 Å². The summed E-state index contributed by atoms with van der Waals surface area (Å²) in [7, 11) is 3.28. The first-order chi connectivity index (χ1) is 9.99. The van der Waals surface area contributed by atoms with Crippen LogP contribution in [0.2, 0.25) is 0 Å². The lowest BCUT2D eigenvalue weighted by atomic mass is 9.95. The van der Waals surface area contributed by atoms with Crippen LogP contribution in [0.4, 0.5) is 0 Å². The number of hydrogen-bond acceptors (Lipinski definition) is 3. The van der Waals surface area contributed by atoms with Crippen LogP contribution in [0.1, 0.15) is 33.9 Å². The number of ether oxygens (including phenoxy) is 2. The summed E-state index contributed by atoms with van der Waals surface area (Å²) < 4.78 is 10.7. The number of methoxy groups -OCH3 is 2. The highest BCUT2D eigenvalue weighted by molar-refractivity contribution is 5.49. The maximum absolute atomic E-state index is 10.7. The van der Waals surface area contributed by atoms with E-state index in [9.17, 15) is 5.11 Å². The van der Waals surface area contributed by atoms with Crippen LogP contribution in [0, 0.1) is 20.8 Å². The maximum atomic E-state index is 10.7. The monoisotopic (exact) mass is 286 g/mol. The summed E-state index contributed by atoms with van der Waals surface area (Å²) in [6.07, 6.45) is -0.719. The molecule has 0 aliphatic heterocycles. The minimum Gasteiger partial charge on any atom is -0.496 e. The molecule has 0 fully saturated rings. The van der Waals surface area contributed by atoms with E-state index < -0.39 is 6.10 Å². The standard InChI is InChI=1S/C18H22O3/c1-11-6-8-15(18(21-5)13(11)3)17(19)14-7-9-16(20-4)12(2)10-14/h6-10,17,19H,1-5H3. The lowest BCUT2D eigenvalue weighted by Gasteiger charge is -2.19. The van der Waals surface area contributed by atoms with Gasteiger partial charge in [0, 0.05) is 5.56 Å². The molecule has 0 radical (unpaired) electrons. The van der Waals surface area contributed by atoms with Crippen LogP contribution >= 0.6 is 0 Å². The van der Waals surface area contributed by atoms with Gasteiger partial charge in [-0.1, -0.05) is 18.2 Å². The van der Waals surface area contributed by atoms with Crippen LogP contribution in [0.15, 0.2) is 30.3 Å². The fourth-order valence-electron chi connectivity index (χ4n) is 2.55. The van der Waals surface area contributed by atoms with Crippen molar-refractivity contribution in [2.24, 2.45) is 0 Å². The van der Waals surface area contributed by atoms with Gasteiger partial charge in [0.25, 0.3) is 0 Å². The minimum absolute atomic E-state index is 0.719. The number of aliphatic hydroxyl groups excluding tert-OH is 1. The number of rotatable bonds is 4. The largest absolute Gasteiger partial charge is 0.496 e. The van der Waals surface area contributed by atoms with Gasteiger partial charge in [0.15, 0.2) is 0 Å². The van der Waals surface area contributed by atoms with Gasteiger partial charge in [0.1, 0.15) is 17.6 Å². The Kier molecular flexibility index (Phi) is 4.53. The zero-order valence-corrected chi connectivity index (χ0v) is 13.2. The Balaban J connectivity index is 2.47. The van der Waals surface area contributed by atoms with E-state index in [1.165, 1.54) is 0 Å². The zero-order chi connectivity index (χ0) is 15.6. The van der Waals surface area contributed by atoms with E-state index in [1.54, 1.807) is 14.2 Å². The molecule has 2 rings (SSSR count). The third kappa shape index (κ3) is 2.88. The van der Waals surface area contributed by atoms with Crippen LogP contribution in [0.25, 0.3) is 0 Å². The third-order valence-electron chi connectivity index (χ3n) is 3.94. The van der Waals surface area contributed by atoms with Crippen LogP contribution < -0.4 is 9.47 Å². The van der Waals surface area contributed by atoms with E-state index in [0.717, 1.165) is 39.3 Å². The molecule has 0 saturated heterocycles. The van der Waals surface area contributed by atoms with Gasteiger partial charge in [0.2, 0.25) is 0 Å². The van der Waals surface area contributed by atoms with E-state index in [1.807, 2.05) is 51.1 Å². The normalized spacial score (nSPS) is 12.1. The second-order valence-corrected chi connectivity index (χ2v) is 5.26. The van der Waals surface area contributed by atoms with Gasteiger partial charge in [-0.2, -0.15) is 0 Å². The van der Waals surface area contributed by atoms with Gasteiger partial charge >= 0.3 is 0 Å². The highest BCUT2D eigenvalue weighted by Gasteiger charge is 2.18. The van der Waals surface area contributed by atoms with Crippen molar-refractivity contribution in [2.75, 3.05) is 14.2 Å². The van der Waals surface area contributed by atoms with Gasteiger partial charge in [-0.15, -0.1) is 0 Å². The Morgan fingerprint density at radius 2 is 1.62 bits per heavy atom. The quantitative estimate of drug-likeness (QED) is 0.931. The van der Waals surface area contributed by atoms with Crippen molar-refractivity contribution in [3.05, 3.63) is 58.1 Å². The highest BCUT2D eigenvalue weighted by atomic mass is 16.5. The maximum Gasteiger partial charge on any atom is 0.128 e. The lowest BCUT2D eigenvalue weighted by molar-refractivity contribution is 0.214. The van der Waals surface area contributed by atoms with Gasteiger partial charge < -0.3 is 14.6 Å². The van der Waals surface area contributed by atoms with Gasteiger partial charge in [-0.3, -0.25) is 0 Å². The molecule has 3 heteroatoms. The summed E-state index contributed by atoms with van der Waals surface area (Å²) in [4.78, 5) is 0. The fourth-order valence-corrected chi connectivity index (χ4v) is 2.55. The Labute approximate surface area is 126 Å². The number of benzene rings is 2. The van der Waals surface area contributed by atoms with Crippen molar-refractivity contribution in [2.45, 2.75) is 26.9 Å². The molecule has 1 unspecified atom stereocenters. The molecule has 112 valence electrons. The average molecular weight is 286 g/mol. The Morgan fingerprint density at radius 3 is 2.19 bits per heavy atom. The van der Waals surface area contributed by atoms with Gasteiger partial charge in [0.05, 0.1) is 14.2 Å². The summed E-state index contributed by atoms with van der Waals surface area (Å²) >= 11 is 0. The first-order valence-electron chi connectivity index (χ1n) is 6.96. The average Bonchev–Trinajstić information content (AvgIpc) is 2.49. The molecule has 2 aromatic rings. The van der Waals surface area contributed by atoms with Crippen molar-refractivity contribution in [1.82, 2.24) is 0 Å². The Hall–Kier alpha value is -2.00. The lowest BCUT2D eigenvalue weighted by Crippen LogP contribution is -2.05. The minimum atomic E-state index is -0.719. The molecule has 21 heavy (non-hydrogen) atoms. The smallest absolute Gasteiger partial charge is 0.128 e. The van der Waals surface area contributed by atoms with Crippen LogP contribution in [0.5, 0.6) is 11.5 Å². The number of aryl methyl sites for hydroxylation is 2. The van der Waals surface area contributed by atoms with E-state index in [4.69, 9.17) is 9.47 Å². The second-order valence-electron chi connectivity index (χ2n) is 5.26. The van der Waals surface area contributed by atoms with Crippen molar-refractivity contribution in [3.63, 3.8) is 0 Å². The molecule has 0 saturated carbocycles. The summed E-state index contributed by atoms with van der Waals surface area (Å²) in [6.45, 7) is 6.00. The molecule has 0 spiro atoms. The van der Waals surface area contributed by atoms with E-state index in [0.29, 0.717) is 0 Å². The summed E-state index contributed by atoms with van der Waals surface area (Å²) in [6, 6.07) is 9.63. The molecule has 1 N–H and O–H groups in total. The fraction of sp³-hybridized carbons (Fsp3) is 0.333. The highest BCUT2D eigenvalue weighted by Crippen LogP contribution is 2.35. The molecule has 1 atom stereocenters. The number of hydrogen-bond donors (Lipinski definition) is 1. The molecule has 0 aliphatic rings. The molecule has 3 nitrogen and oxygen atoms in total. The van der Waals surface area contributed by atoms with E-state index in [2.05, 4.69) is 0 Å². The molecule has 0 heterocycles. The van der Waals surface area contributed by atoms with E-state index >= 15 is 0 Å². The van der Waals surface area contributed by atoms with Crippen LogP contribution in [-0.4, -0.2) is 19.3 Å². The van der Waals surface area contributed by atoms with Crippen molar-refractivity contribution in [1.29, 1.82) is 0 Å². The third-order valence-corrected chi connectivity index (χ3v) is 3.94. The van der Waals surface area contributed by atoms with Gasteiger partial charge in [-0.25, -0.2) is 0 Å². The summed E-state index contributed by atoms with van der Waals surface area (Å²) in [5.74, 6) is 1.56. The molecular weight excluding hydrogens is 264 g/mol. The number of aliphatic hydroxyl groups is 1. The van der Waals surface area contributed by atoms with Crippen LogP contribution in [0.3, 0.4) is 0 Å². The van der Waals surface area contributed by atoms with E-state index in [-0.39, 0.29) is 0 Å². The topological polar surface area (TPSA) is 38.7 Å². The summed E-state index contributed by atoms with van der Waals surface area (Å²) in [5.41, 5.74) is 4.81. The predicted molar refractivity (Wildman–Crippen MR) is 84.3 cm³/mol. The Bertz CT molecular complexity index is 647. The molecule has 0 aliphatic carbocycles. The van der Waals surface area contributed by atoms with Crippen molar-refractivity contribution < 1.29 is 14.6 Å². The Morgan fingerprint density at radius 1 is 0.905 bits per heavy atom. The molecule has 0 amide bonds. The first kappa shape index (κ1) is 15.4. The summed E-state index contributed by atoms with van der Waals surface area (Å²) in [5, 5.41) is 10.7.